The van der Waals surface area contributed by atoms with Crippen molar-refractivity contribution in [1.29, 1.82) is 0 Å². The third-order valence-corrected chi connectivity index (χ3v) is 4.61. The Hall–Kier alpha value is -1.55. The maximum atomic E-state index is 12.5. The number of likely N-dealkylation sites (tertiary alicyclic amines) is 1. The topological polar surface area (TPSA) is 43.8 Å². The lowest BCUT2D eigenvalue weighted by molar-refractivity contribution is 0.0248. The Morgan fingerprint density at radius 2 is 2.05 bits per heavy atom. The monoisotopic (exact) mass is 304 g/mol. The van der Waals surface area contributed by atoms with Gasteiger partial charge in [-0.05, 0) is 43.0 Å². The highest BCUT2D eigenvalue weighted by atomic mass is 16.3. The molecule has 2 rings (SSSR count). The highest BCUT2D eigenvalue weighted by Crippen LogP contribution is 2.20. The molecule has 1 saturated heterocycles. The zero-order valence-corrected chi connectivity index (χ0v) is 14.0. The molecular formula is C18H28N2O2. The number of aliphatic hydroxyl groups is 1. The number of hydrogen-bond donors (Lipinski definition) is 1. The van der Waals surface area contributed by atoms with E-state index in [1.807, 2.05) is 31.2 Å². The lowest BCUT2D eigenvalue weighted by Gasteiger charge is -2.34. The summed E-state index contributed by atoms with van der Waals surface area (Å²) in [5, 5.41) is 9.94. The lowest BCUT2D eigenvalue weighted by atomic mass is 9.95. The smallest absolute Gasteiger partial charge is 0.253 e. The van der Waals surface area contributed by atoms with Crippen LogP contribution < -0.4 is 4.90 Å². The Bertz CT molecular complexity index is 486. The van der Waals surface area contributed by atoms with Gasteiger partial charge in [0.2, 0.25) is 0 Å². The number of nitrogens with zero attached hydrogens (tertiary/aromatic N) is 2. The van der Waals surface area contributed by atoms with E-state index in [9.17, 15) is 9.90 Å². The zero-order valence-electron chi connectivity index (χ0n) is 14.0. The maximum Gasteiger partial charge on any atom is 0.253 e. The Labute approximate surface area is 133 Å². The summed E-state index contributed by atoms with van der Waals surface area (Å²) in [4.78, 5) is 16.5. The van der Waals surface area contributed by atoms with Crippen LogP contribution in [0.25, 0.3) is 0 Å². The van der Waals surface area contributed by atoms with Crippen LogP contribution in [0.3, 0.4) is 0 Å². The fraction of sp³-hybridized carbons (Fsp3) is 0.611. The molecule has 0 saturated carbocycles. The highest BCUT2D eigenvalue weighted by Gasteiger charge is 2.27. The number of aliphatic hydroxyl groups excluding tert-OH is 1. The van der Waals surface area contributed by atoms with Gasteiger partial charge < -0.3 is 14.9 Å². The van der Waals surface area contributed by atoms with Crippen LogP contribution in [-0.4, -0.2) is 48.7 Å². The van der Waals surface area contributed by atoms with E-state index in [-0.39, 0.29) is 11.8 Å². The van der Waals surface area contributed by atoms with Gasteiger partial charge in [0.1, 0.15) is 0 Å². The molecule has 1 heterocycles. The molecular weight excluding hydrogens is 276 g/mol. The minimum absolute atomic E-state index is 0.0220. The van der Waals surface area contributed by atoms with E-state index < -0.39 is 6.10 Å². The fourth-order valence-electron chi connectivity index (χ4n) is 2.80. The normalized spacial score (nSPS) is 21.7. The molecule has 122 valence electrons. The van der Waals surface area contributed by atoms with E-state index in [0.717, 1.165) is 25.2 Å². The van der Waals surface area contributed by atoms with E-state index in [2.05, 4.69) is 18.9 Å². The average molecular weight is 304 g/mol. The molecule has 0 bridgehead atoms. The first kappa shape index (κ1) is 16.8. The van der Waals surface area contributed by atoms with Crippen molar-refractivity contribution in [3.05, 3.63) is 29.8 Å². The predicted molar refractivity (Wildman–Crippen MR) is 90.3 cm³/mol. The maximum absolute atomic E-state index is 12.5. The molecule has 1 aromatic rings. The van der Waals surface area contributed by atoms with Crippen molar-refractivity contribution in [2.75, 3.05) is 31.6 Å². The first-order valence-corrected chi connectivity index (χ1v) is 8.31. The number of anilines is 1. The molecule has 4 nitrogen and oxygen atoms in total. The van der Waals surface area contributed by atoms with Crippen molar-refractivity contribution >= 4 is 11.6 Å². The lowest BCUT2D eigenvalue weighted by Crippen LogP contribution is -2.45. The van der Waals surface area contributed by atoms with E-state index in [1.54, 1.807) is 4.90 Å². The quantitative estimate of drug-likeness (QED) is 0.909. The van der Waals surface area contributed by atoms with Gasteiger partial charge in [-0.25, -0.2) is 0 Å². The number of piperidine rings is 1. The first-order chi connectivity index (χ1) is 10.5. The summed E-state index contributed by atoms with van der Waals surface area (Å²) in [5.74, 6) is 0.298. The number of benzene rings is 1. The van der Waals surface area contributed by atoms with Gasteiger partial charge in [0.05, 0.1) is 6.10 Å². The van der Waals surface area contributed by atoms with Crippen LogP contribution in [0.2, 0.25) is 0 Å². The Kier molecular flexibility index (Phi) is 5.83. The molecule has 1 aliphatic heterocycles. The summed E-state index contributed by atoms with van der Waals surface area (Å²) in [6.45, 7) is 6.42. The summed E-state index contributed by atoms with van der Waals surface area (Å²) in [6, 6.07) is 7.80. The molecule has 1 fully saturated rings. The molecule has 22 heavy (non-hydrogen) atoms. The van der Waals surface area contributed by atoms with Crippen LogP contribution in [0.15, 0.2) is 24.3 Å². The number of rotatable bonds is 5. The highest BCUT2D eigenvalue weighted by molar-refractivity contribution is 5.94. The third-order valence-electron chi connectivity index (χ3n) is 4.61. The van der Waals surface area contributed by atoms with E-state index in [4.69, 9.17) is 0 Å². The molecule has 0 aromatic heterocycles. The SMILES string of the molecule is CCCCN(C)c1ccc(C(=O)N2CCC(C)C(O)C2)cc1. The number of carbonyl (C=O) groups is 1. The van der Waals surface area contributed by atoms with Crippen molar-refractivity contribution in [2.45, 2.75) is 39.2 Å². The number of hydrogen-bond acceptors (Lipinski definition) is 3. The molecule has 1 aliphatic rings. The standard InChI is InChI=1S/C18H28N2O2/c1-4-5-11-19(3)16-8-6-15(7-9-16)18(22)20-12-10-14(2)17(21)13-20/h6-9,14,17,21H,4-5,10-13H2,1-3H3. The zero-order chi connectivity index (χ0) is 16.1. The van der Waals surface area contributed by atoms with Crippen molar-refractivity contribution in [1.82, 2.24) is 4.90 Å². The fourth-order valence-corrected chi connectivity index (χ4v) is 2.80. The molecule has 1 aromatic carbocycles. The Morgan fingerprint density at radius 1 is 1.36 bits per heavy atom. The number of β-amino-alcohol motifs (C(OH)–C–C–N with tert-alkyl or cyclic N) is 1. The Morgan fingerprint density at radius 3 is 2.64 bits per heavy atom. The second kappa shape index (κ2) is 7.63. The second-order valence-electron chi connectivity index (χ2n) is 6.41. The van der Waals surface area contributed by atoms with Gasteiger partial charge in [0.25, 0.3) is 5.91 Å². The van der Waals surface area contributed by atoms with Crippen molar-refractivity contribution < 1.29 is 9.90 Å². The minimum atomic E-state index is -0.405. The molecule has 1 N–H and O–H groups in total. The van der Waals surface area contributed by atoms with Crippen LogP contribution in [0.1, 0.15) is 43.5 Å². The summed E-state index contributed by atoms with van der Waals surface area (Å²) in [7, 11) is 2.08. The van der Waals surface area contributed by atoms with E-state index >= 15 is 0 Å². The molecule has 4 heteroatoms. The van der Waals surface area contributed by atoms with Crippen LogP contribution >= 0.6 is 0 Å². The van der Waals surface area contributed by atoms with Crippen LogP contribution in [-0.2, 0) is 0 Å². The molecule has 1 amide bonds. The number of unbranched alkanes of at least 4 members (excludes halogenated alkanes) is 1. The molecule has 2 unspecified atom stereocenters. The average Bonchev–Trinajstić information content (AvgIpc) is 2.54. The van der Waals surface area contributed by atoms with Crippen LogP contribution in [0, 0.1) is 5.92 Å². The van der Waals surface area contributed by atoms with Gasteiger partial charge in [0.15, 0.2) is 0 Å². The number of amides is 1. The van der Waals surface area contributed by atoms with Crippen molar-refractivity contribution in [2.24, 2.45) is 5.92 Å². The van der Waals surface area contributed by atoms with Gasteiger partial charge in [-0.15, -0.1) is 0 Å². The van der Waals surface area contributed by atoms with Gasteiger partial charge >= 0.3 is 0 Å². The minimum Gasteiger partial charge on any atom is -0.391 e. The van der Waals surface area contributed by atoms with Crippen LogP contribution in [0.4, 0.5) is 5.69 Å². The predicted octanol–water partition coefficient (Wildman–Crippen LogP) is 2.77. The van der Waals surface area contributed by atoms with Gasteiger partial charge in [-0.2, -0.15) is 0 Å². The van der Waals surface area contributed by atoms with E-state index in [1.165, 1.54) is 12.8 Å². The first-order valence-electron chi connectivity index (χ1n) is 8.31. The summed E-state index contributed by atoms with van der Waals surface area (Å²) in [6.07, 6.45) is 2.81. The van der Waals surface area contributed by atoms with Gasteiger partial charge in [-0.3, -0.25) is 4.79 Å². The summed E-state index contributed by atoms with van der Waals surface area (Å²) in [5.41, 5.74) is 1.84. The second-order valence-corrected chi connectivity index (χ2v) is 6.41. The van der Waals surface area contributed by atoms with E-state index in [0.29, 0.717) is 12.1 Å². The molecule has 0 spiro atoms. The third kappa shape index (κ3) is 4.01. The van der Waals surface area contributed by atoms with Crippen molar-refractivity contribution in [3.63, 3.8) is 0 Å². The van der Waals surface area contributed by atoms with Gasteiger partial charge in [0, 0.05) is 37.9 Å². The number of carbonyl (C=O) groups excluding carboxylic acids is 1. The van der Waals surface area contributed by atoms with Gasteiger partial charge in [-0.1, -0.05) is 20.3 Å². The largest absolute Gasteiger partial charge is 0.391 e. The summed E-state index contributed by atoms with van der Waals surface area (Å²) >= 11 is 0. The van der Waals surface area contributed by atoms with Crippen LogP contribution in [0.5, 0.6) is 0 Å². The molecule has 2 atom stereocenters. The molecule has 0 radical (unpaired) electrons. The Balaban J connectivity index is 1.99. The molecule has 0 aliphatic carbocycles. The van der Waals surface area contributed by atoms with Crippen molar-refractivity contribution in [3.8, 4) is 0 Å². The summed E-state index contributed by atoms with van der Waals surface area (Å²) < 4.78 is 0.